The molecule has 1 heterocycles. The quantitative estimate of drug-likeness (QED) is 0.451. The fourth-order valence-corrected chi connectivity index (χ4v) is 1.36. The van der Waals surface area contributed by atoms with Crippen LogP contribution in [0.2, 0.25) is 0 Å². The van der Waals surface area contributed by atoms with Crippen molar-refractivity contribution in [2.45, 2.75) is 18.9 Å². The Bertz CT molecular complexity index is 111. The summed E-state index contributed by atoms with van der Waals surface area (Å²) in [7, 11) is 0. The summed E-state index contributed by atoms with van der Waals surface area (Å²) in [5.41, 5.74) is -0.483. The minimum absolute atomic E-state index is 0. The van der Waals surface area contributed by atoms with Gasteiger partial charge in [0.15, 0.2) is 0 Å². The molecule has 60 valence electrons. The fraction of sp³-hybridized carbons (Fsp3) is 1.00. The number of aliphatic hydroxyl groups is 1. The summed E-state index contributed by atoms with van der Waals surface area (Å²) in [6, 6.07) is 0. The van der Waals surface area contributed by atoms with Crippen molar-refractivity contribution in [3.8, 4) is 0 Å². The van der Waals surface area contributed by atoms with Crippen LogP contribution in [-0.4, -0.2) is 41.8 Å². The molecular formula is C7H14KNO2. The van der Waals surface area contributed by atoms with Crippen molar-refractivity contribution in [3.05, 3.63) is 0 Å². The standard InChI is InChI=1S/C7H14NO2.K/c1-7(10)5-8(6-7)3-2-4-9;/h10H,2-6H2,1H3;/q-1;+1. The SMILES string of the molecule is CC1(O)CN(CCC[O-])C1.[K+]. The maximum atomic E-state index is 10.0. The van der Waals surface area contributed by atoms with Crippen molar-refractivity contribution >= 4 is 0 Å². The Labute approximate surface area is 110 Å². The Morgan fingerprint density at radius 2 is 2.09 bits per heavy atom. The van der Waals surface area contributed by atoms with Gasteiger partial charge in [0, 0.05) is 13.1 Å². The third kappa shape index (κ3) is 4.33. The smallest absolute Gasteiger partial charge is 0.854 e. The molecule has 1 fully saturated rings. The largest absolute Gasteiger partial charge is 1.00 e. The monoisotopic (exact) mass is 183 g/mol. The van der Waals surface area contributed by atoms with E-state index >= 15 is 0 Å². The van der Waals surface area contributed by atoms with E-state index in [9.17, 15) is 10.2 Å². The van der Waals surface area contributed by atoms with Crippen molar-refractivity contribution in [2.24, 2.45) is 0 Å². The van der Waals surface area contributed by atoms with Gasteiger partial charge in [0.05, 0.1) is 5.60 Å². The van der Waals surface area contributed by atoms with Gasteiger partial charge < -0.3 is 10.2 Å². The molecule has 1 rings (SSSR count). The van der Waals surface area contributed by atoms with E-state index in [2.05, 4.69) is 4.90 Å². The molecule has 0 bridgehead atoms. The Kier molecular flexibility index (Phi) is 6.02. The van der Waals surface area contributed by atoms with Crippen molar-refractivity contribution in [3.63, 3.8) is 0 Å². The molecule has 3 nitrogen and oxygen atoms in total. The van der Waals surface area contributed by atoms with Crippen molar-refractivity contribution in [1.29, 1.82) is 0 Å². The second-order valence-electron chi connectivity index (χ2n) is 3.27. The van der Waals surface area contributed by atoms with E-state index in [1.807, 2.05) is 6.92 Å². The summed E-state index contributed by atoms with van der Waals surface area (Å²) in [6.45, 7) is 4.12. The summed E-state index contributed by atoms with van der Waals surface area (Å²) < 4.78 is 0. The second kappa shape index (κ2) is 5.29. The molecule has 1 aliphatic rings. The maximum Gasteiger partial charge on any atom is 1.00 e. The average molecular weight is 183 g/mol. The van der Waals surface area contributed by atoms with E-state index in [0.29, 0.717) is 6.42 Å². The minimum Gasteiger partial charge on any atom is -0.854 e. The van der Waals surface area contributed by atoms with Gasteiger partial charge in [0.25, 0.3) is 0 Å². The fourth-order valence-electron chi connectivity index (χ4n) is 1.36. The van der Waals surface area contributed by atoms with E-state index in [4.69, 9.17) is 0 Å². The van der Waals surface area contributed by atoms with Gasteiger partial charge in [0.1, 0.15) is 0 Å². The zero-order chi connectivity index (χ0) is 7.61. The molecule has 0 aliphatic carbocycles. The average Bonchev–Trinajstić information content (AvgIpc) is 1.78. The van der Waals surface area contributed by atoms with Gasteiger partial charge in [-0.2, -0.15) is 0 Å². The maximum absolute atomic E-state index is 10.0. The van der Waals surface area contributed by atoms with Crippen molar-refractivity contribution in [1.82, 2.24) is 4.90 Å². The van der Waals surface area contributed by atoms with Gasteiger partial charge >= 0.3 is 51.4 Å². The Morgan fingerprint density at radius 3 is 2.45 bits per heavy atom. The van der Waals surface area contributed by atoms with Crippen LogP contribution >= 0.6 is 0 Å². The van der Waals surface area contributed by atoms with Crippen LogP contribution in [0.5, 0.6) is 0 Å². The molecule has 0 atom stereocenters. The predicted molar refractivity (Wildman–Crippen MR) is 36.5 cm³/mol. The zero-order valence-corrected chi connectivity index (χ0v) is 10.5. The first-order valence-electron chi connectivity index (χ1n) is 3.67. The van der Waals surface area contributed by atoms with Crippen LogP contribution in [0.4, 0.5) is 0 Å². The number of rotatable bonds is 3. The summed E-state index contributed by atoms with van der Waals surface area (Å²) in [4.78, 5) is 2.10. The summed E-state index contributed by atoms with van der Waals surface area (Å²) in [6.07, 6.45) is 0.704. The first kappa shape index (κ1) is 12.5. The van der Waals surface area contributed by atoms with Crippen LogP contribution in [0, 0.1) is 0 Å². The molecule has 1 aliphatic heterocycles. The predicted octanol–water partition coefficient (Wildman–Crippen LogP) is -4.19. The van der Waals surface area contributed by atoms with E-state index in [1.54, 1.807) is 0 Å². The van der Waals surface area contributed by atoms with Crippen LogP contribution in [0.25, 0.3) is 0 Å². The molecule has 0 amide bonds. The van der Waals surface area contributed by atoms with E-state index < -0.39 is 5.60 Å². The Morgan fingerprint density at radius 1 is 1.55 bits per heavy atom. The first-order chi connectivity index (χ1) is 4.64. The van der Waals surface area contributed by atoms with Gasteiger partial charge in [0.2, 0.25) is 0 Å². The Balaban J connectivity index is 0.000001000. The summed E-state index contributed by atoms with van der Waals surface area (Å²) in [5.74, 6) is 0. The van der Waals surface area contributed by atoms with Gasteiger partial charge in [-0.1, -0.05) is 6.42 Å². The van der Waals surface area contributed by atoms with E-state index in [1.165, 1.54) is 0 Å². The molecule has 0 aromatic heterocycles. The molecule has 0 radical (unpaired) electrons. The normalized spacial score (nSPS) is 22.1. The second-order valence-corrected chi connectivity index (χ2v) is 3.27. The third-order valence-electron chi connectivity index (χ3n) is 1.75. The van der Waals surface area contributed by atoms with Crippen molar-refractivity contribution in [2.75, 3.05) is 26.2 Å². The van der Waals surface area contributed by atoms with E-state index in [-0.39, 0.29) is 58.0 Å². The molecule has 0 aromatic carbocycles. The number of nitrogens with zero attached hydrogens (tertiary/aromatic N) is 1. The number of likely N-dealkylation sites (tertiary alicyclic amines) is 1. The van der Waals surface area contributed by atoms with Gasteiger partial charge in [-0.25, -0.2) is 0 Å². The minimum atomic E-state index is -0.483. The van der Waals surface area contributed by atoms with Crippen LogP contribution in [-0.2, 0) is 0 Å². The summed E-state index contributed by atoms with van der Waals surface area (Å²) >= 11 is 0. The Hall–Kier alpha value is 1.52. The van der Waals surface area contributed by atoms with E-state index in [0.717, 1.165) is 19.6 Å². The molecule has 1 saturated heterocycles. The first-order valence-corrected chi connectivity index (χ1v) is 3.67. The van der Waals surface area contributed by atoms with Gasteiger partial charge in [-0.15, -0.1) is 6.61 Å². The zero-order valence-electron chi connectivity index (χ0n) is 7.34. The van der Waals surface area contributed by atoms with Crippen molar-refractivity contribution < 1.29 is 61.6 Å². The molecule has 0 aromatic rings. The number of hydrogen-bond acceptors (Lipinski definition) is 3. The van der Waals surface area contributed by atoms with Crippen LogP contribution in [0.15, 0.2) is 0 Å². The molecule has 1 N–H and O–H groups in total. The molecule has 0 saturated carbocycles. The van der Waals surface area contributed by atoms with Gasteiger partial charge in [-0.05, 0) is 13.5 Å². The number of hydrogen-bond donors (Lipinski definition) is 1. The molecular weight excluding hydrogens is 169 g/mol. The van der Waals surface area contributed by atoms with Gasteiger partial charge in [-0.3, -0.25) is 4.90 Å². The molecule has 0 spiro atoms. The third-order valence-corrected chi connectivity index (χ3v) is 1.75. The topological polar surface area (TPSA) is 46.5 Å². The molecule has 0 unspecified atom stereocenters. The van der Waals surface area contributed by atoms with Crippen LogP contribution in [0.3, 0.4) is 0 Å². The van der Waals surface area contributed by atoms with Crippen LogP contribution < -0.4 is 56.5 Å². The molecule has 4 heteroatoms. The number of β-amino-alcohol motifs (C(OH)–C–C–N with tert-alkyl or cyclic N) is 1. The molecule has 11 heavy (non-hydrogen) atoms. The van der Waals surface area contributed by atoms with Crippen LogP contribution in [0.1, 0.15) is 13.3 Å². The summed E-state index contributed by atoms with van der Waals surface area (Å²) in [5, 5.41) is 19.3.